The first kappa shape index (κ1) is 32.7. The van der Waals surface area contributed by atoms with Crippen LogP contribution in [-0.2, 0) is 28.5 Å². The number of likely N-dealkylation sites (tertiary alicyclic amines) is 1. The average molecular weight is 669 g/mol. The summed E-state index contributed by atoms with van der Waals surface area (Å²) in [4.78, 5) is 43.1. The molecule has 0 unspecified atom stereocenters. The molecule has 1 aromatic rings. The minimum Gasteiger partial charge on any atom is -0.461 e. The number of ether oxygens (including phenoxy) is 4. The molecule has 7 fully saturated rings. The molecule has 12 nitrogen and oxygen atoms in total. The lowest BCUT2D eigenvalue weighted by Gasteiger charge is -2.70. The molecule has 2 spiro atoms. The Hall–Kier alpha value is -2.45. The number of carbonyl (C=O) groups is 3. The Labute approximate surface area is 280 Å². The molecule has 2 heterocycles. The summed E-state index contributed by atoms with van der Waals surface area (Å²) in [5.41, 5.74) is -3.65. The normalized spacial score (nSPS) is 48.7. The van der Waals surface area contributed by atoms with E-state index < -0.39 is 64.2 Å². The number of fused-ring (bicyclic) bond motifs is 1. The number of benzene rings is 1. The second-order valence-electron chi connectivity index (χ2n) is 15.8. The highest BCUT2D eigenvalue weighted by Gasteiger charge is 2.91. The maximum absolute atomic E-state index is 14.0. The molecule has 48 heavy (non-hydrogen) atoms. The molecular formula is C36H48N2O10. The van der Waals surface area contributed by atoms with Crippen LogP contribution in [0.1, 0.15) is 56.3 Å². The number of esters is 1. The summed E-state index contributed by atoms with van der Waals surface area (Å²) < 4.78 is 25.1. The summed E-state index contributed by atoms with van der Waals surface area (Å²) in [6.45, 7) is 4.85. The minimum atomic E-state index is -1.71. The highest BCUT2D eigenvalue weighted by Crippen LogP contribution is 2.82. The highest BCUT2D eigenvalue weighted by molar-refractivity contribution is 6.22. The van der Waals surface area contributed by atoms with Crippen LogP contribution in [0.5, 0.6) is 0 Å². The maximum atomic E-state index is 14.0. The second kappa shape index (κ2) is 10.8. The van der Waals surface area contributed by atoms with Gasteiger partial charge in [-0.1, -0.05) is 26.0 Å². The van der Waals surface area contributed by atoms with E-state index in [2.05, 4.69) is 4.90 Å². The van der Waals surface area contributed by atoms with Crippen molar-refractivity contribution in [2.45, 2.75) is 88.1 Å². The van der Waals surface area contributed by atoms with Crippen LogP contribution in [0, 0.1) is 39.9 Å². The highest BCUT2D eigenvalue weighted by atomic mass is 16.5. The van der Waals surface area contributed by atoms with E-state index in [1.165, 1.54) is 0 Å². The van der Waals surface area contributed by atoms with Gasteiger partial charge in [-0.2, -0.15) is 0 Å². The van der Waals surface area contributed by atoms with E-state index >= 15 is 0 Å². The van der Waals surface area contributed by atoms with Crippen LogP contribution in [0.15, 0.2) is 24.3 Å². The van der Waals surface area contributed by atoms with Crippen LogP contribution in [0.2, 0.25) is 0 Å². The first-order valence-corrected chi connectivity index (χ1v) is 17.5. The van der Waals surface area contributed by atoms with Gasteiger partial charge in [0.1, 0.15) is 5.60 Å². The van der Waals surface area contributed by atoms with Crippen molar-refractivity contribution in [3.63, 3.8) is 0 Å². The molecule has 0 aromatic heterocycles. The van der Waals surface area contributed by atoms with Crippen LogP contribution in [0.4, 0.5) is 5.69 Å². The molecule has 12 heteroatoms. The largest absolute Gasteiger partial charge is 0.461 e. The number of aliphatic hydroxyl groups is 3. The molecule has 5 aliphatic carbocycles. The first-order chi connectivity index (χ1) is 22.9. The number of para-hydroxylation sites is 1. The average Bonchev–Trinajstić information content (AvgIpc) is 3.69. The number of likely N-dealkylation sites (N-methyl/N-ethyl adjacent to an activating group) is 1. The Morgan fingerprint density at radius 3 is 2.44 bits per heavy atom. The van der Waals surface area contributed by atoms with Crippen LogP contribution in [0.25, 0.3) is 0 Å². The number of aliphatic hydroxyl groups excluding tert-OH is 2. The Bertz CT molecular complexity index is 1540. The van der Waals surface area contributed by atoms with Gasteiger partial charge in [0.15, 0.2) is 0 Å². The van der Waals surface area contributed by atoms with Crippen molar-refractivity contribution in [3.8, 4) is 0 Å². The van der Waals surface area contributed by atoms with Crippen LogP contribution < -0.4 is 4.90 Å². The first-order valence-electron chi connectivity index (χ1n) is 17.5. The molecule has 0 radical (unpaired) electrons. The number of hydrogen-bond donors (Lipinski definition) is 3. The van der Waals surface area contributed by atoms with Gasteiger partial charge in [-0.05, 0) is 50.3 Å². The number of imide groups is 1. The van der Waals surface area contributed by atoms with Crippen molar-refractivity contribution in [1.29, 1.82) is 0 Å². The van der Waals surface area contributed by atoms with Gasteiger partial charge in [-0.15, -0.1) is 0 Å². The van der Waals surface area contributed by atoms with Crippen LogP contribution in [0.3, 0.4) is 0 Å². The van der Waals surface area contributed by atoms with Gasteiger partial charge in [0, 0.05) is 68.3 Å². The molecule has 2 aliphatic heterocycles. The zero-order chi connectivity index (χ0) is 34.1. The standard InChI is InChI=1S/C36H48N2O10/c1-6-37-16-33(17-48-30(42)19-9-7-8-10-21(19)38-25(40)13-18(2)29(38)41)12-11-24(45-3)35-23-14-20-22(39)15-34(23,27(20)46-4)32(43)36(44,31(35)37)28(47-5)26(33)35/h7-10,18,20,22-24,26-28,31-32,39,43-44H,6,11-17H2,1-5H3/t18-,20-,22+,23+,24-,26-,27+,28-,31-,32+,33+,34-,35-,36+/m1/s1. The molecule has 8 rings (SSSR count). The van der Waals surface area contributed by atoms with E-state index in [0.29, 0.717) is 38.8 Å². The van der Waals surface area contributed by atoms with E-state index in [1.807, 2.05) is 6.92 Å². The fraction of sp³-hybridized carbons (Fsp3) is 0.750. The van der Waals surface area contributed by atoms with Gasteiger partial charge in [0.2, 0.25) is 11.8 Å². The number of hydrogen-bond acceptors (Lipinski definition) is 11. The van der Waals surface area contributed by atoms with Gasteiger partial charge >= 0.3 is 5.97 Å². The van der Waals surface area contributed by atoms with E-state index in [-0.39, 0.29) is 60.0 Å². The third-order valence-electron chi connectivity index (χ3n) is 14.3. The third kappa shape index (κ3) is 3.57. The SMILES string of the molecule is CCN1C[C@]2(COC(=O)c3ccccc3N3C(=O)C[C@@H](C)C3=O)CC[C@@H](OC)[C@@]34[C@@H]2[C@@H](OC)[C@@](O)([C@@H](O)[C@]25C[C@H](O)[C@@H](C[C@@H]23)[C@@H]5OC)[C@H]14. The topological polar surface area (TPSA) is 155 Å². The van der Waals surface area contributed by atoms with E-state index in [0.717, 1.165) is 4.90 Å². The molecule has 7 aliphatic rings. The Balaban J connectivity index is 1.23. The summed E-state index contributed by atoms with van der Waals surface area (Å²) in [5, 5.41) is 36.9. The summed E-state index contributed by atoms with van der Waals surface area (Å²) in [6, 6.07) is 6.05. The van der Waals surface area contributed by atoms with Crippen molar-refractivity contribution < 1.29 is 48.7 Å². The molecule has 5 saturated carbocycles. The molecule has 14 atom stereocenters. The molecule has 7 bridgehead atoms. The summed E-state index contributed by atoms with van der Waals surface area (Å²) in [6.07, 6.45) is -1.12. The number of carbonyl (C=O) groups excluding carboxylic acids is 3. The lowest BCUT2D eigenvalue weighted by atomic mass is 9.41. The number of anilines is 1. The zero-order valence-corrected chi connectivity index (χ0v) is 28.3. The molecule has 2 amide bonds. The quantitative estimate of drug-likeness (QED) is 0.272. The van der Waals surface area contributed by atoms with Crippen LogP contribution in [-0.4, -0.2) is 121 Å². The lowest BCUT2D eigenvalue weighted by Crippen LogP contribution is -2.80. The van der Waals surface area contributed by atoms with Crippen molar-refractivity contribution in [1.82, 2.24) is 4.90 Å². The van der Waals surface area contributed by atoms with Gasteiger partial charge in [0.25, 0.3) is 0 Å². The van der Waals surface area contributed by atoms with E-state index in [1.54, 1.807) is 52.5 Å². The van der Waals surface area contributed by atoms with Gasteiger partial charge in [0.05, 0.1) is 54.4 Å². The Kier molecular flexibility index (Phi) is 7.35. The Morgan fingerprint density at radius 1 is 1.06 bits per heavy atom. The third-order valence-corrected chi connectivity index (χ3v) is 14.3. The summed E-state index contributed by atoms with van der Waals surface area (Å²) >= 11 is 0. The number of amides is 2. The lowest BCUT2D eigenvalue weighted by molar-refractivity contribution is -0.303. The van der Waals surface area contributed by atoms with Crippen molar-refractivity contribution in [2.75, 3.05) is 45.9 Å². The van der Waals surface area contributed by atoms with E-state index in [9.17, 15) is 29.7 Å². The van der Waals surface area contributed by atoms with Crippen molar-refractivity contribution in [2.24, 2.45) is 39.9 Å². The summed E-state index contributed by atoms with van der Waals surface area (Å²) in [7, 11) is 4.91. The van der Waals surface area contributed by atoms with Gasteiger partial charge in [-0.25, -0.2) is 9.69 Å². The summed E-state index contributed by atoms with van der Waals surface area (Å²) in [5.74, 6) is -2.50. The molecule has 2 saturated heterocycles. The zero-order valence-electron chi connectivity index (χ0n) is 28.3. The van der Waals surface area contributed by atoms with Crippen molar-refractivity contribution >= 4 is 23.5 Å². The number of methoxy groups -OCH3 is 3. The molecular weight excluding hydrogens is 620 g/mol. The minimum absolute atomic E-state index is 0.00997. The van der Waals surface area contributed by atoms with Crippen LogP contribution >= 0.6 is 0 Å². The molecule has 3 N–H and O–H groups in total. The fourth-order valence-corrected chi connectivity index (χ4v) is 13.1. The molecule has 1 aromatic carbocycles. The number of rotatable bonds is 8. The van der Waals surface area contributed by atoms with E-state index in [4.69, 9.17) is 18.9 Å². The number of nitrogens with zero attached hydrogens (tertiary/aromatic N) is 2. The predicted octanol–water partition coefficient (Wildman–Crippen LogP) is 1.38. The Morgan fingerprint density at radius 2 is 1.79 bits per heavy atom. The monoisotopic (exact) mass is 668 g/mol. The fourth-order valence-electron chi connectivity index (χ4n) is 13.1. The molecule has 262 valence electrons. The van der Waals surface area contributed by atoms with Crippen molar-refractivity contribution in [3.05, 3.63) is 29.8 Å². The van der Waals surface area contributed by atoms with Gasteiger partial charge < -0.3 is 34.3 Å². The second-order valence-corrected chi connectivity index (χ2v) is 15.8. The smallest absolute Gasteiger partial charge is 0.340 e. The number of piperidine rings is 1. The maximum Gasteiger partial charge on any atom is 0.340 e. The van der Waals surface area contributed by atoms with Gasteiger partial charge in [-0.3, -0.25) is 14.5 Å². The predicted molar refractivity (Wildman–Crippen MR) is 170 cm³/mol.